The van der Waals surface area contributed by atoms with Gasteiger partial charge in [0.05, 0.1) is 12.7 Å². The summed E-state index contributed by atoms with van der Waals surface area (Å²) in [5.41, 5.74) is 0.521. The lowest BCUT2D eigenvalue weighted by Crippen LogP contribution is -2.31. The van der Waals surface area contributed by atoms with Crippen molar-refractivity contribution in [1.29, 1.82) is 0 Å². The second kappa shape index (κ2) is 6.52. The van der Waals surface area contributed by atoms with E-state index in [-0.39, 0.29) is 5.97 Å². The number of thiophene rings is 1. The third-order valence-corrected chi connectivity index (χ3v) is 4.16. The van der Waals surface area contributed by atoms with Crippen LogP contribution in [0.5, 0.6) is 0 Å². The summed E-state index contributed by atoms with van der Waals surface area (Å²) >= 11 is 1.75. The van der Waals surface area contributed by atoms with Crippen molar-refractivity contribution in [2.75, 3.05) is 19.1 Å². The van der Waals surface area contributed by atoms with Crippen LogP contribution < -0.4 is 4.90 Å². The maximum atomic E-state index is 11.5. The summed E-state index contributed by atoms with van der Waals surface area (Å²) in [6.45, 7) is 2.15. The van der Waals surface area contributed by atoms with E-state index in [1.165, 1.54) is 12.0 Å². The number of pyridine rings is 1. The van der Waals surface area contributed by atoms with Gasteiger partial charge in [-0.3, -0.25) is 0 Å². The van der Waals surface area contributed by atoms with Crippen LogP contribution in [-0.2, 0) is 11.2 Å². The molecule has 0 aliphatic carbocycles. The van der Waals surface area contributed by atoms with Crippen LogP contribution in [-0.4, -0.2) is 31.2 Å². The first-order valence-corrected chi connectivity index (χ1v) is 7.29. The van der Waals surface area contributed by atoms with Crippen LogP contribution in [0.4, 0.5) is 5.82 Å². The highest BCUT2D eigenvalue weighted by atomic mass is 32.1. The molecule has 2 heterocycles. The third kappa shape index (κ3) is 3.36. The molecule has 0 aliphatic heterocycles. The number of hydrogen-bond acceptors (Lipinski definition) is 5. The van der Waals surface area contributed by atoms with Crippen molar-refractivity contribution in [1.82, 2.24) is 4.98 Å². The Balaban J connectivity index is 2.11. The molecule has 0 spiro atoms. The molecule has 2 aromatic heterocycles. The minimum Gasteiger partial charge on any atom is -0.465 e. The van der Waals surface area contributed by atoms with Crippen LogP contribution in [0.2, 0.25) is 0 Å². The standard InChI is InChI=1S/C15H18N2O2S/c1-11(9-13-5-4-8-20-13)17(2)14-10-12(6-7-16-14)15(18)19-3/h4-8,10-11H,9H2,1-3H3. The molecule has 0 aliphatic rings. The van der Waals surface area contributed by atoms with E-state index in [2.05, 4.69) is 34.3 Å². The minimum absolute atomic E-state index is 0.300. The minimum atomic E-state index is -0.340. The van der Waals surface area contributed by atoms with Crippen LogP contribution in [0, 0.1) is 0 Å². The first kappa shape index (κ1) is 14.5. The molecular weight excluding hydrogens is 272 g/mol. The molecule has 106 valence electrons. The summed E-state index contributed by atoms with van der Waals surface area (Å²) < 4.78 is 4.73. The Labute approximate surface area is 123 Å². The summed E-state index contributed by atoms with van der Waals surface area (Å²) in [4.78, 5) is 19.3. The number of likely N-dealkylation sites (N-methyl/N-ethyl adjacent to an activating group) is 1. The van der Waals surface area contributed by atoms with Crippen molar-refractivity contribution in [3.63, 3.8) is 0 Å². The van der Waals surface area contributed by atoms with Gasteiger partial charge in [0.1, 0.15) is 5.82 Å². The molecule has 1 atom stereocenters. The second-order valence-electron chi connectivity index (χ2n) is 4.64. The monoisotopic (exact) mass is 290 g/mol. The number of methoxy groups -OCH3 is 1. The topological polar surface area (TPSA) is 42.4 Å². The van der Waals surface area contributed by atoms with Gasteiger partial charge in [-0.15, -0.1) is 11.3 Å². The lowest BCUT2D eigenvalue weighted by Gasteiger charge is -2.25. The molecule has 0 aromatic carbocycles. The quantitative estimate of drug-likeness (QED) is 0.794. The molecule has 4 nitrogen and oxygen atoms in total. The van der Waals surface area contributed by atoms with Gasteiger partial charge in [-0.2, -0.15) is 0 Å². The van der Waals surface area contributed by atoms with Crippen LogP contribution >= 0.6 is 11.3 Å². The Bertz CT molecular complexity index is 569. The van der Waals surface area contributed by atoms with Gasteiger partial charge in [-0.1, -0.05) is 6.07 Å². The number of anilines is 1. The highest BCUT2D eigenvalue weighted by molar-refractivity contribution is 7.09. The summed E-state index contributed by atoms with van der Waals surface area (Å²) in [7, 11) is 3.37. The molecule has 20 heavy (non-hydrogen) atoms. The molecule has 0 N–H and O–H groups in total. The van der Waals surface area contributed by atoms with E-state index >= 15 is 0 Å². The Morgan fingerprint density at radius 3 is 2.95 bits per heavy atom. The molecule has 5 heteroatoms. The predicted octanol–water partition coefficient (Wildman–Crippen LogP) is 3.00. The second-order valence-corrected chi connectivity index (χ2v) is 5.67. The van der Waals surface area contributed by atoms with Gasteiger partial charge in [0.2, 0.25) is 0 Å². The number of carbonyl (C=O) groups is 1. The van der Waals surface area contributed by atoms with E-state index in [0.29, 0.717) is 11.6 Å². The Morgan fingerprint density at radius 1 is 1.50 bits per heavy atom. The highest BCUT2D eigenvalue weighted by Crippen LogP contribution is 2.18. The fourth-order valence-corrected chi connectivity index (χ4v) is 2.77. The Kier molecular flexibility index (Phi) is 4.74. The SMILES string of the molecule is COC(=O)c1ccnc(N(C)C(C)Cc2cccs2)c1. The summed E-state index contributed by atoms with van der Waals surface area (Å²) in [6, 6.07) is 7.91. The fraction of sp³-hybridized carbons (Fsp3) is 0.333. The zero-order valence-corrected chi connectivity index (χ0v) is 12.7. The van der Waals surface area contributed by atoms with Crippen LogP contribution in [0.25, 0.3) is 0 Å². The van der Waals surface area contributed by atoms with Crippen molar-refractivity contribution < 1.29 is 9.53 Å². The molecule has 1 unspecified atom stereocenters. The van der Waals surface area contributed by atoms with E-state index in [1.807, 2.05) is 7.05 Å². The molecule has 0 fully saturated rings. The Morgan fingerprint density at radius 2 is 2.30 bits per heavy atom. The number of ether oxygens (including phenoxy) is 1. The smallest absolute Gasteiger partial charge is 0.338 e. The molecule has 0 saturated carbocycles. The van der Waals surface area contributed by atoms with Crippen molar-refractivity contribution in [3.8, 4) is 0 Å². The first-order chi connectivity index (χ1) is 9.61. The van der Waals surface area contributed by atoms with Gasteiger partial charge in [0.25, 0.3) is 0 Å². The van der Waals surface area contributed by atoms with Crippen molar-refractivity contribution in [2.45, 2.75) is 19.4 Å². The maximum Gasteiger partial charge on any atom is 0.338 e. The van der Waals surface area contributed by atoms with Crippen LogP contribution in [0.1, 0.15) is 22.2 Å². The number of esters is 1. The number of hydrogen-bond donors (Lipinski definition) is 0. The van der Waals surface area contributed by atoms with E-state index < -0.39 is 0 Å². The average Bonchev–Trinajstić information content (AvgIpc) is 2.98. The van der Waals surface area contributed by atoms with Crippen molar-refractivity contribution in [2.24, 2.45) is 0 Å². The van der Waals surface area contributed by atoms with Gasteiger partial charge in [0.15, 0.2) is 0 Å². The number of nitrogens with zero attached hydrogens (tertiary/aromatic N) is 2. The zero-order valence-electron chi connectivity index (χ0n) is 11.9. The molecule has 0 radical (unpaired) electrons. The van der Waals surface area contributed by atoms with E-state index in [4.69, 9.17) is 4.74 Å². The maximum absolute atomic E-state index is 11.5. The molecule has 0 amide bonds. The first-order valence-electron chi connectivity index (χ1n) is 6.41. The number of rotatable bonds is 5. The molecular formula is C15H18N2O2S. The van der Waals surface area contributed by atoms with E-state index in [1.54, 1.807) is 29.7 Å². The van der Waals surface area contributed by atoms with Gasteiger partial charge in [-0.25, -0.2) is 9.78 Å². The van der Waals surface area contributed by atoms with Crippen molar-refractivity contribution in [3.05, 3.63) is 46.3 Å². The van der Waals surface area contributed by atoms with Crippen LogP contribution in [0.3, 0.4) is 0 Å². The molecule has 2 aromatic rings. The fourth-order valence-electron chi connectivity index (χ4n) is 1.94. The third-order valence-electron chi connectivity index (χ3n) is 3.27. The lowest BCUT2D eigenvalue weighted by molar-refractivity contribution is 0.0600. The highest BCUT2D eigenvalue weighted by Gasteiger charge is 2.14. The van der Waals surface area contributed by atoms with Gasteiger partial charge < -0.3 is 9.64 Å². The summed E-state index contributed by atoms with van der Waals surface area (Å²) in [5.74, 6) is 0.435. The molecule has 0 saturated heterocycles. The van der Waals surface area contributed by atoms with Crippen molar-refractivity contribution >= 4 is 23.1 Å². The number of carbonyl (C=O) groups excluding carboxylic acids is 1. The molecule has 0 bridgehead atoms. The zero-order chi connectivity index (χ0) is 14.5. The summed E-state index contributed by atoms with van der Waals surface area (Å²) in [6.07, 6.45) is 2.59. The average molecular weight is 290 g/mol. The Hall–Kier alpha value is -1.88. The number of aromatic nitrogens is 1. The largest absolute Gasteiger partial charge is 0.465 e. The van der Waals surface area contributed by atoms with Gasteiger partial charge in [0, 0.05) is 30.6 Å². The lowest BCUT2D eigenvalue weighted by atomic mass is 10.1. The van der Waals surface area contributed by atoms with E-state index in [0.717, 1.165) is 12.2 Å². The van der Waals surface area contributed by atoms with Gasteiger partial charge in [-0.05, 0) is 30.5 Å². The van der Waals surface area contributed by atoms with Gasteiger partial charge >= 0.3 is 5.97 Å². The predicted molar refractivity (Wildman–Crippen MR) is 81.5 cm³/mol. The molecule has 2 rings (SSSR count). The normalized spacial score (nSPS) is 11.9. The van der Waals surface area contributed by atoms with E-state index in [9.17, 15) is 4.79 Å². The van der Waals surface area contributed by atoms with Crippen LogP contribution in [0.15, 0.2) is 35.8 Å². The summed E-state index contributed by atoms with van der Waals surface area (Å²) in [5, 5.41) is 2.08.